The van der Waals surface area contributed by atoms with Crippen molar-refractivity contribution in [2.75, 3.05) is 27.3 Å². The summed E-state index contributed by atoms with van der Waals surface area (Å²) in [7, 11) is -0.628. The van der Waals surface area contributed by atoms with Crippen molar-refractivity contribution in [1.82, 2.24) is 14.8 Å². The maximum Gasteiger partial charge on any atom is 0.251 e. The van der Waals surface area contributed by atoms with Crippen LogP contribution in [0.2, 0.25) is 0 Å². The van der Waals surface area contributed by atoms with Gasteiger partial charge >= 0.3 is 0 Å². The zero-order valence-corrected chi connectivity index (χ0v) is 17.7. The summed E-state index contributed by atoms with van der Waals surface area (Å²) < 4.78 is 42.6. The van der Waals surface area contributed by atoms with Gasteiger partial charge in [-0.3, -0.25) is 4.79 Å². The number of nitrogens with one attached hydrogen (secondary N) is 1. The average Bonchev–Trinajstić information content (AvgIpc) is 3.06. The third-order valence-electron chi connectivity index (χ3n) is 5.00. The summed E-state index contributed by atoms with van der Waals surface area (Å²) in [5.41, 5.74) is 0.805. The largest absolute Gasteiger partial charge is 0.493 e. The second-order valence-corrected chi connectivity index (χ2v) is 8.75. The molecule has 1 N–H and O–H groups in total. The lowest BCUT2D eigenvalue weighted by molar-refractivity contribution is 0.0923. The van der Waals surface area contributed by atoms with E-state index in [2.05, 4.69) is 10.5 Å². The van der Waals surface area contributed by atoms with Crippen LogP contribution in [-0.2, 0) is 10.0 Å². The van der Waals surface area contributed by atoms with Crippen LogP contribution in [0, 0.1) is 13.8 Å². The van der Waals surface area contributed by atoms with E-state index in [0.717, 1.165) is 0 Å². The normalized spacial score (nSPS) is 15.9. The monoisotopic (exact) mass is 423 g/mol. The molecular formula is C19H25N3O6S. The van der Waals surface area contributed by atoms with E-state index in [0.29, 0.717) is 48.7 Å². The van der Waals surface area contributed by atoms with Gasteiger partial charge in [0, 0.05) is 24.7 Å². The van der Waals surface area contributed by atoms with E-state index >= 15 is 0 Å². The first-order valence-electron chi connectivity index (χ1n) is 9.23. The number of amides is 1. The second kappa shape index (κ2) is 8.42. The van der Waals surface area contributed by atoms with Gasteiger partial charge in [0.1, 0.15) is 10.6 Å². The highest BCUT2D eigenvalue weighted by Crippen LogP contribution is 2.28. The molecule has 0 spiro atoms. The molecule has 0 radical (unpaired) electrons. The van der Waals surface area contributed by atoms with Crippen molar-refractivity contribution < 1.29 is 27.2 Å². The van der Waals surface area contributed by atoms with Crippen LogP contribution in [0.5, 0.6) is 11.5 Å². The first kappa shape index (κ1) is 21.1. The van der Waals surface area contributed by atoms with Crippen molar-refractivity contribution in [1.29, 1.82) is 0 Å². The predicted molar refractivity (Wildman–Crippen MR) is 105 cm³/mol. The number of nitrogens with zero attached hydrogens (tertiary/aromatic N) is 2. The Morgan fingerprint density at radius 3 is 2.38 bits per heavy atom. The maximum atomic E-state index is 12.9. The van der Waals surface area contributed by atoms with E-state index in [1.807, 2.05) is 0 Å². The quantitative estimate of drug-likeness (QED) is 0.755. The molecule has 0 bridgehead atoms. The molecule has 9 nitrogen and oxygen atoms in total. The van der Waals surface area contributed by atoms with Gasteiger partial charge in [-0.2, -0.15) is 4.31 Å². The third-order valence-corrected chi connectivity index (χ3v) is 7.14. The molecule has 1 aliphatic heterocycles. The van der Waals surface area contributed by atoms with Crippen molar-refractivity contribution in [3.63, 3.8) is 0 Å². The lowest BCUT2D eigenvalue weighted by atomic mass is 10.1. The highest BCUT2D eigenvalue weighted by atomic mass is 32.2. The van der Waals surface area contributed by atoms with Crippen LogP contribution < -0.4 is 14.8 Å². The summed E-state index contributed by atoms with van der Waals surface area (Å²) in [6, 6.07) is 4.83. The minimum absolute atomic E-state index is 0.119. The Hall–Kier alpha value is -2.59. The van der Waals surface area contributed by atoms with Gasteiger partial charge in [0.2, 0.25) is 10.0 Å². The van der Waals surface area contributed by atoms with Crippen LogP contribution >= 0.6 is 0 Å². The van der Waals surface area contributed by atoms with E-state index in [9.17, 15) is 13.2 Å². The van der Waals surface area contributed by atoms with Gasteiger partial charge in [-0.15, -0.1) is 0 Å². The number of hydrogen-bond acceptors (Lipinski definition) is 7. The summed E-state index contributed by atoms with van der Waals surface area (Å²) in [6.07, 6.45) is 1.03. The molecule has 1 fully saturated rings. The summed E-state index contributed by atoms with van der Waals surface area (Å²) in [5.74, 6) is 1.06. The zero-order chi connectivity index (χ0) is 21.2. The Balaban J connectivity index is 1.63. The molecule has 0 saturated carbocycles. The number of piperidine rings is 1. The van der Waals surface area contributed by atoms with Crippen LogP contribution in [0.3, 0.4) is 0 Å². The van der Waals surface area contributed by atoms with E-state index in [-0.39, 0.29) is 22.6 Å². The lowest BCUT2D eigenvalue weighted by Crippen LogP contribution is -2.46. The van der Waals surface area contributed by atoms with Gasteiger partial charge in [0.05, 0.1) is 14.2 Å². The molecule has 1 aromatic heterocycles. The molecule has 1 saturated heterocycles. The van der Waals surface area contributed by atoms with Gasteiger partial charge in [-0.1, -0.05) is 5.16 Å². The van der Waals surface area contributed by atoms with Crippen molar-refractivity contribution >= 4 is 15.9 Å². The van der Waals surface area contributed by atoms with Crippen LogP contribution in [0.1, 0.15) is 34.7 Å². The fraction of sp³-hybridized carbons (Fsp3) is 0.474. The average molecular weight is 423 g/mol. The fourth-order valence-electron chi connectivity index (χ4n) is 3.46. The molecule has 1 amide bonds. The van der Waals surface area contributed by atoms with Gasteiger partial charge in [-0.25, -0.2) is 8.42 Å². The maximum absolute atomic E-state index is 12.9. The van der Waals surface area contributed by atoms with E-state index in [1.54, 1.807) is 32.0 Å². The van der Waals surface area contributed by atoms with Crippen molar-refractivity contribution in [2.45, 2.75) is 37.6 Å². The first-order valence-corrected chi connectivity index (χ1v) is 10.7. The number of rotatable bonds is 6. The van der Waals surface area contributed by atoms with Crippen molar-refractivity contribution in [2.24, 2.45) is 0 Å². The van der Waals surface area contributed by atoms with Crippen LogP contribution in [0.25, 0.3) is 0 Å². The molecule has 3 rings (SSSR count). The van der Waals surface area contributed by atoms with E-state index in [4.69, 9.17) is 14.0 Å². The minimum Gasteiger partial charge on any atom is -0.493 e. The van der Waals surface area contributed by atoms with Crippen molar-refractivity contribution in [3.05, 3.63) is 35.2 Å². The standard InChI is InChI=1S/C19H25N3O6S/c1-12-18(13(2)28-21-12)29(24,25)22-9-7-15(8-10-22)20-19(23)14-5-6-16(26-3)17(11-14)27-4/h5-6,11,15H,7-10H2,1-4H3,(H,20,23). The van der Waals surface area contributed by atoms with Gasteiger partial charge in [0.15, 0.2) is 17.3 Å². The van der Waals surface area contributed by atoms with Crippen molar-refractivity contribution in [3.8, 4) is 11.5 Å². The second-order valence-electron chi connectivity index (χ2n) is 6.87. The fourth-order valence-corrected chi connectivity index (χ4v) is 5.22. The summed E-state index contributed by atoms with van der Waals surface area (Å²) in [4.78, 5) is 12.7. The number of aryl methyl sites for hydroxylation is 2. The highest BCUT2D eigenvalue weighted by Gasteiger charge is 2.34. The molecule has 10 heteroatoms. The first-order chi connectivity index (χ1) is 13.8. The third kappa shape index (κ3) is 4.23. The molecule has 29 heavy (non-hydrogen) atoms. The van der Waals surface area contributed by atoms with Gasteiger partial charge in [0.25, 0.3) is 5.91 Å². The number of ether oxygens (including phenoxy) is 2. The number of methoxy groups -OCH3 is 2. The van der Waals surface area contributed by atoms with Gasteiger partial charge in [-0.05, 0) is 44.9 Å². The minimum atomic E-state index is -3.67. The smallest absolute Gasteiger partial charge is 0.251 e. The van der Waals surface area contributed by atoms with Gasteiger partial charge < -0.3 is 19.3 Å². The summed E-state index contributed by atoms with van der Waals surface area (Å²) in [6.45, 7) is 3.81. The topological polar surface area (TPSA) is 111 Å². The Morgan fingerprint density at radius 1 is 1.17 bits per heavy atom. The molecule has 0 aliphatic carbocycles. The number of aromatic nitrogens is 1. The van der Waals surface area contributed by atoms with E-state index < -0.39 is 10.0 Å². The Labute approximate surface area is 170 Å². The Morgan fingerprint density at radius 2 is 1.83 bits per heavy atom. The molecule has 1 aromatic carbocycles. The van der Waals surface area contributed by atoms with Crippen LogP contribution in [0.4, 0.5) is 0 Å². The number of carbonyl (C=O) groups is 1. The van der Waals surface area contributed by atoms with Crippen LogP contribution in [-0.4, -0.2) is 57.1 Å². The molecule has 158 valence electrons. The lowest BCUT2D eigenvalue weighted by Gasteiger charge is -2.31. The highest BCUT2D eigenvalue weighted by molar-refractivity contribution is 7.89. The molecular weight excluding hydrogens is 398 g/mol. The summed E-state index contributed by atoms with van der Waals surface area (Å²) >= 11 is 0. The zero-order valence-electron chi connectivity index (χ0n) is 16.9. The molecule has 1 aliphatic rings. The predicted octanol–water partition coefficient (Wildman–Crippen LogP) is 1.89. The SMILES string of the molecule is COc1ccc(C(=O)NC2CCN(S(=O)(=O)c3c(C)noc3C)CC2)cc1OC. The number of sulfonamides is 1. The Bertz CT molecular complexity index is 974. The number of hydrogen-bond donors (Lipinski definition) is 1. The molecule has 0 atom stereocenters. The summed E-state index contributed by atoms with van der Waals surface area (Å²) in [5, 5.41) is 6.70. The Kier molecular flexibility index (Phi) is 6.13. The van der Waals surface area contributed by atoms with E-state index in [1.165, 1.54) is 18.5 Å². The molecule has 2 heterocycles. The number of carbonyl (C=O) groups excluding carboxylic acids is 1. The molecule has 0 unspecified atom stereocenters. The molecule has 2 aromatic rings. The number of benzene rings is 1. The van der Waals surface area contributed by atoms with Crippen LogP contribution in [0.15, 0.2) is 27.6 Å².